The molecule has 0 unspecified atom stereocenters. The molecule has 1 aliphatic rings. The molecule has 0 bridgehead atoms. The lowest BCUT2D eigenvalue weighted by molar-refractivity contribution is 0.317. The van der Waals surface area contributed by atoms with Gasteiger partial charge in [-0.2, -0.15) is 0 Å². The van der Waals surface area contributed by atoms with Crippen LogP contribution in [0.25, 0.3) is 11.3 Å². The number of phenolic OH excluding ortho intramolecular Hbond substituents is 1. The second kappa shape index (κ2) is 7.77. The number of ether oxygens (including phenoxy) is 2. The van der Waals surface area contributed by atoms with E-state index < -0.39 is 0 Å². The number of allylic oxidation sites excluding steroid dienone is 1. The highest BCUT2D eigenvalue weighted by Crippen LogP contribution is 2.41. The molecule has 0 amide bonds. The van der Waals surface area contributed by atoms with Crippen LogP contribution in [-0.2, 0) is 6.42 Å². The van der Waals surface area contributed by atoms with Gasteiger partial charge in [-0.25, -0.2) is 4.39 Å². The van der Waals surface area contributed by atoms with Gasteiger partial charge in [0, 0.05) is 17.6 Å². The predicted octanol–water partition coefficient (Wildman–Crippen LogP) is 5.82. The topological polar surface area (TPSA) is 38.7 Å². The third kappa shape index (κ3) is 3.72. The zero-order chi connectivity index (χ0) is 19.5. The molecule has 0 radical (unpaired) electrons. The zero-order valence-corrected chi connectivity index (χ0v) is 15.6. The van der Waals surface area contributed by atoms with Crippen molar-refractivity contribution < 1.29 is 19.0 Å². The Morgan fingerprint density at radius 3 is 2.36 bits per heavy atom. The lowest BCUT2D eigenvalue weighted by Crippen LogP contribution is -1.97. The molecule has 0 aliphatic heterocycles. The molecule has 1 aliphatic carbocycles. The number of phenols is 1. The summed E-state index contributed by atoms with van der Waals surface area (Å²) in [5, 5.41) is 9.84. The van der Waals surface area contributed by atoms with Crippen molar-refractivity contribution in [2.24, 2.45) is 0 Å². The monoisotopic (exact) mass is 376 g/mol. The standard InChI is InChI=1S/C24H21FO3/c1-2-13-27-20-8-10-21(11-9-20)28-24-22-12-7-19(26)14-17(22)15-23(24)16-3-5-18(25)6-4-16/h3-12,14,26H,2,13,15H2,1H3. The number of benzene rings is 3. The van der Waals surface area contributed by atoms with Crippen molar-refractivity contribution in [3.63, 3.8) is 0 Å². The Morgan fingerprint density at radius 2 is 1.64 bits per heavy atom. The van der Waals surface area contributed by atoms with E-state index in [-0.39, 0.29) is 11.6 Å². The highest BCUT2D eigenvalue weighted by atomic mass is 19.1. The second-order valence-electron chi connectivity index (χ2n) is 6.75. The molecule has 0 spiro atoms. The van der Waals surface area contributed by atoms with Crippen molar-refractivity contribution in [3.05, 3.63) is 89.2 Å². The molecule has 0 saturated heterocycles. The molecule has 142 valence electrons. The summed E-state index contributed by atoms with van der Waals surface area (Å²) in [7, 11) is 0. The molecule has 1 N–H and O–H groups in total. The summed E-state index contributed by atoms with van der Waals surface area (Å²) in [6, 6.07) is 19.2. The molecule has 0 atom stereocenters. The number of hydrogen-bond acceptors (Lipinski definition) is 3. The van der Waals surface area contributed by atoms with E-state index in [0.29, 0.717) is 18.8 Å². The molecule has 4 rings (SSSR count). The normalized spacial score (nSPS) is 12.8. The van der Waals surface area contributed by atoms with Crippen LogP contribution in [0.4, 0.5) is 4.39 Å². The minimum Gasteiger partial charge on any atom is -0.508 e. The van der Waals surface area contributed by atoms with Gasteiger partial charge in [0.2, 0.25) is 0 Å². The number of fused-ring (bicyclic) bond motifs is 1. The van der Waals surface area contributed by atoms with Crippen molar-refractivity contribution in [2.45, 2.75) is 19.8 Å². The number of hydrogen-bond donors (Lipinski definition) is 1. The largest absolute Gasteiger partial charge is 0.508 e. The lowest BCUT2D eigenvalue weighted by atomic mass is 10.0. The van der Waals surface area contributed by atoms with Crippen LogP contribution in [0.1, 0.15) is 30.0 Å². The van der Waals surface area contributed by atoms with Gasteiger partial charge in [0.25, 0.3) is 0 Å². The third-order valence-electron chi connectivity index (χ3n) is 4.68. The van der Waals surface area contributed by atoms with Crippen LogP contribution in [0.3, 0.4) is 0 Å². The summed E-state index contributed by atoms with van der Waals surface area (Å²) in [6.45, 7) is 2.74. The molecule has 3 nitrogen and oxygen atoms in total. The van der Waals surface area contributed by atoms with Gasteiger partial charge in [0.15, 0.2) is 0 Å². The Bertz CT molecular complexity index is 1010. The van der Waals surface area contributed by atoms with Gasteiger partial charge in [0.05, 0.1) is 6.61 Å². The van der Waals surface area contributed by atoms with Gasteiger partial charge >= 0.3 is 0 Å². The molecular formula is C24H21FO3. The minimum atomic E-state index is -0.275. The Labute approximate surface area is 163 Å². The SMILES string of the molecule is CCCOc1ccc(OC2=C(c3ccc(F)cc3)Cc3cc(O)ccc32)cc1. The lowest BCUT2D eigenvalue weighted by Gasteiger charge is -2.12. The Kier molecular flexibility index (Phi) is 5.02. The summed E-state index contributed by atoms with van der Waals surface area (Å²) < 4.78 is 25.2. The first kappa shape index (κ1) is 18.1. The quantitative estimate of drug-likeness (QED) is 0.589. The van der Waals surface area contributed by atoms with E-state index in [2.05, 4.69) is 6.92 Å². The molecule has 0 saturated carbocycles. The van der Waals surface area contributed by atoms with E-state index in [1.165, 1.54) is 12.1 Å². The van der Waals surface area contributed by atoms with Crippen LogP contribution in [0.2, 0.25) is 0 Å². The van der Waals surface area contributed by atoms with Crippen molar-refractivity contribution in [3.8, 4) is 17.2 Å². The van der Waals surface area contributed by atoms with Gasteiger partial charge in [-0.3, -0.25) is 0 Å². The first-order chi connectivity index (χ1) is 13.6. The predicted molar refractivity (Wildman–Crippen MR) is 108 cm³/mol. The smallest absolute Gasteiger partial charge is 0.139 e. The molecule has 0 heterocycles. The van der Waals surface area contributed by atoms with Crippen molar-refractivity contribution >= 4 is 11.3 Å². The van der Waals surface area contributed by atoms with Gasteiger partial charge in [0.1, 0.15) is 28.8 Å². The molecule has 0 aromatic heterocycles. The van der Waals surface area contributed by atoms with Crippen LogP contribution in [0.5, 0.6) is 17.2 Å². The summed E-state index contributed by atoms with van der Waals surface area (Å²) in [4.78, 5) is 0. The number of rotatable bonds is 6. The summed E-state index contributed by atoms with van der Waals surface area (Å²) in [5.74, 6) is 2.17. The average Bonchev–Trinajstić information content (AvgIpc) is 3.05. The van der Waals surface area contributed by atoms with Gasteiger partial charge < -0.3 is 14.6 Å². The van der Waals surface area contributed by atoms with Gasteiger partial charge in [-0.15, -0.1) is 0 Å². The van der Waals surface area contributed by atoms with Crippen molar-refractivity contribution in [1.29, 1.82) is 0 Å². The molecular weight excluding hydrogens is 355 g/mol. The van der Waals surface area contributed by atoms with Crippen LogP contribution in [0.15, 0.2) is 66.7 Å². The summed E-state index contributed by atoms with van der Waals surface area (Å²) in [6.07, 6.45) is 1.57. The van der Waals surface area contributed by atoms with Crippen molar-refractivity contribution in [2.75, 3.05) is 6.61 Å². The maximum absolute atomic E-state index is 13.4. The van der Waals surface area contributed by atoms with Crippen LogP contribution < -0.4 is 9.47 Å². The molecule has 28 heavy (non-hydrogen) atoms. The molecule has 3 aromatic rings. The number of halogens is 1. The third-order valence-corrected chi connectivity index (χ3v) is 4.68. The first-order valence-electron chi connectivity index (χ1n) is 9.36. The second-order valence-corrected chi connectivity index (χ2v) is 6.75. The van der Waals surface area contributed by atoms with E-state index in [0.717, 1.165) is 40.2 Å². The highest BCUT2D eigenvalue weighted by Gasteiger charge is 2.25. The fourth-order valence-electron chi connectivity index (χ4n) is 3.32. The van der Waals surface area contributed by atoms with E-state index >= 15 is 0 Å². The van der Waals surface area contributed by atoms with E-state index in [9.17, 15) is 9.50 Å². The van der Waals surface area contributed by atoms with Crippen LogP contribution in [0, 0.1) is 5.82 Å². The van der Waals surface area contributed by atoms with E-state index in [4.69, 9.17) is 9.47 Å². The van der Waals surface area contributed by atoms with Crippen LogP contribution in [-0.4, -0.2) is 11.7 Å². The highest BCUT2D eigenvalue weighted by molar-refractivity contribution is 5.95. The Morgan fingerprint density at radius 1 is 0.929 bits per heavy atom. The number of aromatic hydroxyl groups is 1. The minimum absolute atomic E-state index is 0.218. The molecule has 3 aromatic carbocycles. The average molecular weight is 376 g/mol. The van der Waals surface area contributed by atoms with E-state index in [1.807, 2.05) is 30.3 Å². The Hall–Kier alpha value is -3.27. The summed E-state index contributed by atoms with van der Waals surface area (Å²) >= 11 is 0. The van der Waals surface area contributed by atoms with E-state index in [1.54, 1.807) is 24.3 Å². The zero-order valence-electron chi connectivity index (χ0n) is 15.6. The van der Waals surface area contributed by atoms with Gasteiger partial charge in [-0.1, -0.05) is 19.1 Å². The fraction of sp³-hybridized carbons (Fsp3) is 0.167. The molecule has 4 heteroatoms. The van der Waals surface area contributed by atoms with Crippen LogP contribution >= 0.6 is 0 Å². The fourth-order valence-corrected chi connectivity index (χ4v) is 3.32. The first-order valence-corrected chi connectivity index (χ1v) is 9.36. The maximum atomic E-state index is 13.4. The molecule has 0 fully saturated rings. The van der Waals surface area contributed by atoms with Gasteiger partial charge in [-0.05, 0) is 72.1 Å². The maximum Gasteiger partial charge on any atom is 0.139 e. The Balaban J connectivity index is 1.69. The van der Waals surface area contributed by atoms with Crippen molar-refractivity contribution in [1.82, 2.24) is 0 Å². The summed E-state index contributed by atoms with van der Waals surface area (Å²) in [5.41, 5.74) is 3.78.